The Morgan fingerprint density at radius 3 is 2.71 bits per heavy atom. The van der Waals surface area contributed by atoms with Gasteiger partial charge in [0.25, 0.3) is 5.56 Å². The predicted molar refractivity (Wildman–Crippen MR) is 78.2 cm³/mol. The summed E-state index contributed by atoms with van der Waals surface area (Å²) in [6.07, 6.45) is 1.62. The Balaban J connectivity index is 2.74. The van der Waals surface area contributed by atoms with Gasteiger partial charge in [0, 0.05) is 7.05 Å². The summed E-state index contributed by atoms with van der Waals surface area (Å²) in [5.74, 6) is -1.79. The van der Waals surface area contributed by atoms with E-state index < -0.39 is 17.3 Å². The van der Waals surface area contributed by atoms with Crippen molar-refractivity contribution in [3.8, 4) is 11.5 Å². The van der Waals surface area contributed by atoms with Crippen LogP contribution in [-0.4, -0.2) is 27.4 Å². The van der Waals surface area contributed by atoms with E-state index in [1.165, 1.54) is 23.7 Å². The molecule has 0 fully saturated rings. The highest BCUT2D eigenvalue weighted by atomic mass is 16.5. The Hall–Kier alpha value is -2.50. The fraction of sp³-hybridized carbons (Fsp3) is 0.333. The van der Waals surface area contributed by atoms with Crippen LogP contribution in [-0.2, 0) is 7.05 Å². The van der Waals surface area contributed by atoms with Gasteiger partial charge in [0.15, 0.2) is 5.75 Å². The van der Waals surface area contributed by atoms with E-state index in [4.69, 9.17) is 4.74 Å². The van der Waals surface area contributed by atoms with Crippen molar-refractivity contribution in [3.05, 3.63) is 34.1 Å². The molecule has 0 aliphatic carbocycles. The highest BCUT2D eigenvalue weighted by Gasteiger charge is 2.20. The number of aryl methyl sites for hydroxylation is 1. The molecule has 1 aromatic carbocycles. The van der Waals surface area contributed by atoms with Gasteiger partial charge in [-0.2, -0.15) is 0 Å². The molecule has 21 heavy (non-hydrogen) atoms. The maximum absolute atomic E-state index is 12.2. The van der Waals surface area contributed by atoms with Crippen LogP contribution in [0.4, 0.5) is 0 Å². The first-order chi connectivity index (χ1) is 9.99. The number of pyridine rings is 1. The quantitative estimate of drug-likeness (QED) is 0.824. The van der Waals surface area contributed by atoms with Crippen molar-refractivity contribution < 1.29 is 19.7 Å². The van der Waals surface area contributed by atoms with Crippen LogP contribution in [0.3, 0.4) is 0 Å². The molecule has 2 aromatic rings. The van der Waals surface area contributed by atoms with Crippen LogP contribution in [0.25, 0.3) is 10.9 Å². The Morgan fingerprint density at radius 1 is 1.38 bits per heavy atom. The van der Waals surface area contributed by atoms with Gasteiger partial charge < -0.3 is 19.5 Å². The van der Waals surface area contributed by atoms with Gasteiger partial charge in [0.05, 0.1) is 23.1 Å². The Bertz CT molecular complexity index is 748. The summed E-state index contributed by atoms with van der Waals surface area (Å²) in [5.41, 5.74) is -0.208. The third kappa shape index (κ3) is 2.56. The third-order valence-corrected chi connectivity index (χ3v) is 3.33. The zero-order valence-corrected chi connectivity index (χ0v) is 11.9. The van der Waals surface area contributed by atoms with E-state index in [-0.39, 0.29) is 16.7 Å². The van der Waals surface area contributed by atoms with Crippen molar-refractivity contribution in [2.24, 2.45) is 7.05 Å². The number of ether oxygens (including phenoxy) is 1. The highest BCUT2D eigenvalue weighted by Crippen LogP contribution is 2.33. The number of benzene rings is 1. The minimum Gasteiger partial charge on any atom is -0.504 e. The zero-order valence-electron chi connectivity index (χ0n) is 11.9. The molecule has 0 atom stereocenters. The van der Waals surface area contributed by atoms with Gasteiger partial charge in [0.1, 0.15) is 0 Å². The lowest BCUT2D eigenvalue weighted by Gasteiger charge is -2.14. The highest BCUT2D eigenvalue weighted by molar-refractivity contribution is 6.06. The molecule has 0 radical (unpaired) electrons. The van der Waals surface area contributed by atoms with Gasteiger partial charge >= 0.3 is 5.97 Å². The molecule has 0 aliphatic heterocycles. The van der Waals surface area contributed by atoms with Gasteiger partial charge in [-0.15, -0.1) is 0 Å². The molecule has 2 N–H and O–H groups in total. The second-order valence-electron chi connectivity index (χ2n) is 4.75. The Kier molecular flexibility index (Phi) is 4.16. The zero-order chi connectivity index (χ0) is 15.6. The molecule has 0 amide bonds. The van der Waals surface area contributed by atoms with Crippen molar-refractivity contribution >= 4 is 16.9 Å². The van der Waals surface area contributed by atoms with Crippen LogP contribution in [0.5, 0.6) is 11.5 Å². The first-order valence-electron chi connectivity index (χ1n) is 6.69. The van der Waals surface area contributed by atoms with Crippen molar-refractivity contribution in [2.75, 3.05) is 6.61 Å². The van der Waals surface area contributed by atoms with Crippen LogP contribution in [0.1, 0.15) is 30.1 Å². The van der Waals surface area contributed by atoms with Crippen molar-refractivity contribution in [2.45, 2.75) is 19.8 Å². The lowest BCUT2D eigenvalue weighted by Crippen LogP contribution is -2.21. The lowest BCUT2D eigenvalue weighted by molar-refractivity contribution is 0.0698. The van der Waals surface area contributed by atoms with Gasteiger partial charge in [-0.3, -0.25) is 4.79 Å². The maximum Gasteiger partial charge on any atom is 0.336 e. The van der Waals surface area contributed by atoms with E-state index >= 15 is 0 Å². The summed E-state index contributed by atoms with van der Waals surface area (Å²) in [6, 6.07) is 4.49. The smallest absolute Gasteiger partial charge is 0.336 e. The van der Waals surface area contributed by atoms with Crippen molar-refractivity contribution in [1.29, 1.82) is 0 Å². The van der Waals surface area contributed by atoms with E-state index in [1.54, 1.807) is 6.07 Å². The predicted octanol–water partition coefficient (Wildman–Crippen LogP) is 2.12. The van der Waals surface area contributed by atoms with E-state index in [0.717, 1.165) is 12.8 Å². The molecule has 0 spiro atoms. The number of carboxylic acid groups (broad SMARTS) is 1. The molecule has 6 heteroatoms. The number of aromatic hydroxyl groups is 1. The molecule has 1 heterocycles. The van der Waals surface area contributed by atoms with Gasteiger partial charge in [-0.05, 0) is 18.6 Å². The molecule has 0 saturated heterocycles. The number of nitrogens with zero attached hydrogens (tertiary/aromatic N) is 1. The minimum absolute atomic E-state index is 0.0686. The molecule has 0 bridgehead atoms. The summed E-state index contributed by atoms with van der Waals surface area (Å²) in [5, 5.41) is 19.6. The summed E-state index contributed by atoms with van der Waals surface area (Å²) < 4.78 is 6.64. The first-order valence-corrected chi connectivity index (χ1v) is 6.69. The van der Waals surface area contributed by atoms with Crippen molar-refractivity contribution in [3.63, 3.8) is 0 Å². The molecule has 0 aliphatic rings. The van der Waals surface area contributed by atoms with Crippen LogP contribution < -0.4 is 10.3 Å². The van der Waals surface area contributed by atoms with Gasteiger partial charge in [-0.25, -0.2) is 4.79 Å². The Labute approximate surface area is 121 Å². The van der Waals surface area contributed by atoms with Crippen LogP contribution >= 0.6 is 0 Å². The minimum atomic E-state index is -1.17. The summed E-state index contributed by atoms with van der Waals surface area (Å²) in [4.78, 5) is 23.5. The van der Waals surface area contributed by atoms with E-state index in [9.17, 15) is 19.8 Å². The average molecular weight is 291 g/mol. The first kappa shape index (κ1) is 14.9. The maximum atomic E-state index is 12.2. The number of fused-ring (bicyclic) bond motifs is 1. The molecule has 1 aromatic heterocycles. The van der Waals surface area contributed by atoms with Gasteiger partial charge in [-0.1, -0.05) is 19.4 Å². The third-order valence-electron chi connectivity index (χ3n) is 3.33. The molecule has 6 nitrogen and oxygen atoms in total. The lowest BCUT2D eigenvalue weighted by atomic mass is 10.1. The number of aromatic nitrogens is 1. The standard InChI is InChI=1S/C15H17NO5/c1-3-4-8-21-13-12(17)11-9(15(19)20)6-5-7-10(11)16(2)14(13)18/h5-7,17H,3-4,8H2,1-2H3,(H,19,20). The number of unbranched alkanes of at least 4 members (excludes halogenated alkanes) is 1. The number of aromatic carboxylic acids is 1. The topological polar surface area (TPSA) is 88.8 Å². The van der Waals surface area contributed by atoms with E-state index in [1.807, 2.05) is 6.92 Å². The average Bonchev–Trinajstić information content (AvgIpc) is 2.47. The monoisotopic (exact) mass is 291 g/mol. The molecular formula is C15H17NO5. The molecule has 0 saturated carbocycles. The molecule has 0 unspecified atom stereocenters. The number of rotatable bonds is 5. The fourth-order valence-corrected chi connectivity index (χ4v) is 2.17. The Morgan fingerprint density at radius 2 is 2.10 bits per heavy atom. The van der Waals surface area contributed by atoms with Crippen LogP contribution in [0, 0.1) is 0 Å². The van der Waals surface area contributed by atoms with Crippen LogP contribution in [0.2, 0.25) is 0 Å². The van der Waals surface area contributed by atoms with Gasteiger partial charge in [0.2, 0.25) is 5.75 Å². The molecule has 2 rings (SSSR count). The van der Waals surface area contributed by atoms with E-state index in [2.05, 4.69) is 0 Å². The second kappa shape index (κ2) is 5.87. The number of carbonyl (C=O) groups is 1. The number of carboxylic acids is 1. The number of hydrogen-bond donors (Lipinski definition) is 2. The molecule has 112 valence electrons. The fourth-order valence-electron chi connectivity index (χ4n) is 2.17. The normalized spacial score (nSPS) is 10.8. The van der Waals surface area contributed by atoms with Crippen LogP contribution in [0.15, 0.2) is 23.0 Å². The summed E-state index contributed by atoms with van der Waals surface area (Å²) in [7, 11) is 1.52. The SMILES string of the molecule is CCCCOc1c(O)c2c(C(=O)O)cccc2n(C)c1=O. The second-order valence-corrected chi connectivity index (χ2v) is 4.75. The largest absolute Gasteiger partial charge is 0.504 e. The summed E-state index contributed by atoms with van der Waals surface area (Å²) in [6.45, 7) is 2.27. The number of hydrogen-bond acceptors (Lipinski definition) is 4. The van der Waals surface area contributed by atoms with Crippen molar-refractivity contribution in [1.82, 2.24) is 4.57 Å². The van der Waals surface area contributed by atoms with E-state index in [0.29, 0.717) is 12.1 Å². The molecular weight excluding hydrogens is 274 g/mol. The summed E-state index contributed by atoms with van der Waals surface area (Å²) >= 11 is 0.